The summed E-state index contributed by atoms with van der Waals surface area (Å²) >= 11 is 0. The van der Waals surface area contributed by atoms with Crippen molar-refractivity contribution in [1.82, 2.24) is 20.0 Å². The fourth-order valence-electron chi connectivity index (χ4n) is 3.86. The van der Waals surface area contributed by atoms with Crippen LogP contribution in [0, 0.1) is 12.8 Å². The van der Waals surface area contributed by atoms with Crippen molar-refractivity contribution in [2.75, 3.05) is 19.7 Å². The summed E-state index contributed by atoms with van der Waals surface area (Å²) in [5, 5.41) is 7.51. The standard InChI is InChI=1S/C17H26N4O2/c1-12-4-6-21(19-12)7-5-17(22)18-14-8-15-11-23-16(13-2-3-13)10-20(15)9-14/h4,6,13-16H,2-3,5,7-11H2,1H3,(H,18,22)/t14-,15-,16+/m0/s1. The lowest BCUT2D eigenvalue weighted by Crippen LogP contribution is -2.47. The number of amides is 1. The van der Waals surface area contributed by atoms with Crippen LogP contribution < -0.4 is 5.32 Å². The van der Waals surface area contributed by atoms with E-state index in [-0.39, 0.29) is 11.9 Å². The molecule has 3 atom stereocenters. The number of fused-ring (bicyclic) bond motifs is 1. The lowest BCUT2D eigenvalue weighted by Gasteiger charge is -2.35. The molecule has 6 heteroatoms. The average molecular weight is 318 g/mol. The summed E-state index contributed by atoms with van der Waals surface area (Å²) < 4.78 is 7.85. The van der Waals surface area contributed by atoms with Gasteiger partial charge in [-0.25, -0.2) is 0 Å². The van der Waals surface area contributed by atoms with E-state index in [9.17, 15) is 4.79 Å². The first-order chi connectivity index (χ1) is 11.2. The topological polar surface area (TPSA) is 59.4 Å². The minimum atomic E-state index is 0.127. The lowest BCUT2D eigenvalue weighted by molar-refractivity contribution is -0.122. The number of hydrogen-bond donors (Lipinski definition) is 1. The number of aryl methyl sites for hydroxylation is 2. The molecule has 0 radical (unpaired) electrons. The molecule has 1 aliphatic carbocycles. The molecule has 1 amide bonds. The van der Waals surface area contributed by atoms with Gasteiger partial charge in [0.05, 0.1) is 18.4 Å². The Hall–Kier alpha value is -1.40. The first-order valence-electron chi connectivity index (χ1n) is 8.82. The van der Waals surface area contributed by atoms with Gasteiger partial charge in [-0.2, -0.15) is 5.10 Å². The third-order valence-electron chi connectivity index (χ3n) is 5.30. The number of nitrogens with zero attached hydrogens (tertiary/aromatic N) is 3. The minimum absolute atomic E-state index is 0.127. The molecular weight excluding hydrogens is 292 g/mol. The third kappa shape index (κ3) is 3.58. The Bertz CT molecular complexity index is 569. The number of nitrogens with one attached hydrogen (secondary N) is 1. The molecule has 23 heavy (non-hydrogen) atoms. The van der Waals surface area contributed by atoms with Crippen LogP contribution in [-0.2, 0) is 16.1 Å². The Morgan fingerprint density at radius 2 is 2.30 bits per heavy atom. The summed E-state index contributed by atoms with van der Waals surface area (Å²) in [5.41, 5.74) is 0.989. The van der Waals surface area contributed by atoms with Gasteiger partial charge in [0.15, 0.2) is 0 Å². The maximum absolute atomic E-state index is 12.2. The first kappa shape index (κ1) is 15.1. The number of carbonyl (C=O) groups is 1. The van der Waals surface area contributed by atoms with Crippen molar-refractivity contribution in [3.05, 3.63) is 18.0 Å². The van der Waals surface area contributed by atoms with E-state index in [4.69, 9.17) is 4.74 Å². The second-order valence-electron chi connectivity index (χ2n) is 7.29. The van der Waals surface area contributed by atoms with E-state index in [0.29, 0.717) is 25.1 Å². The van der Waals surface area contributed by atoms with E-state index in [2.05, 4.69) is 15.3 Å². The Balaban J connectivity index is 1.23. The predicted octanol–water partition coefficient (Wildman–Crippen LogP) is 0.950. The minimum Gasteiger partial charge on any atom is -0.375 e. The van der Waals surface area contributed by atoms with Crippen molar-refractivity contribution in [3.63, 3.8) is 0 Å². The summed E-state index contributed by atoms with van der Waals surface area (Å²) in [7, 11) is 0. The van der Waals surface area contributed by atoms with Crippen molar-refractivity contribution in [2.24, 2.45) is 5.92 Å². The second-order valence-corrected chi connectivity index (χ2v) is 7.29. The Morgan fingerprint density at radius 3 is 3.04 bits per heavy atom. The molecule has 3 heterocycles. The van der Waals surface area contributed by atoms with E-state index in [1.165, 1.54) is 12.8 Å². The predicted molar refractivity (Wildman–Crippen MR) is 86.0 cm³/mol. The molecule has 3 aliphatic rings. The molecule has 1 aromatic rings. The monoisotopic (exact) mass is 318 g/mol. The van der Waals surface area contributed by atoms with Crippen LogP contribution in [0.5, 0.6) is 0 Å². The molecule has 4 rings (SSSR count). The lowest BCUT2D eigenvalue weighted by atomic mass is 10.1. The maximum Gasteiger partial charge on any atom is 0.222 e. The van der Waals surface area contributed by atoms with Crippen molar-refractivity contribution < 1.29 is 9.53 Å². The number of aromatic nitrogens is 2. The second kappa shape index (κ2) is 6.24. The van der Waals surface area contributed by atoms with E-state index in [1.54, 1.807) is 0 Å². The van der Waals surface area contributed by atoms with Crippen molar-refractivity contribution >= 4 is 5.91 Å². The molecule has 0 spiro atoms. The molecule has 0 aromatic carbocycles. The molecule has 0 bridgehead atoms. The molecular formula is C17H26N4O2. The quantitative estimate of drug-likeness (QED) is 0.878. The van der Waals surface area contributed by atoms with Gasteiger partial charge in [0, 0.05) is 44.3 Å². The number of morpholine rings is 1. The molecule has 2 saturated heterocycles. The Kier molecular flexibility index (Phi) is 4.11. The molecule has 126 valence electrons. The zero-order chi connectivity index (χ0) is 15.8. The van der Waals surface area contributed by atoms with Crippen LogP contribution in [0.3, 0.4) is 0 Å². The Morgan fingerprint density at radius 1 is 1.43 bits per heavy atom. The number of rotatable bonds is 5. The molecule has 0 unspecified atom stereocenters. The van der Waals surface area contributed by atoms with Crippen LogP contribution in [-0.4, -0.2) is 58.5 Å². The van der Waals surface area contributed by atoms with Gasteiger partial charge in [-0.15, -0.1) is 0 Å². The number of ether oxygens (including phenoxy) is 1. The maximum atomic E-state index is 12.2. The van der Waals surface area contributed by atoms with Crippen LogP contribution in [0.4, 0.5) is 0 Å². The van der Waals surface area contributed by atoms with Gasteiger partial charge in [0.1, 0.15) is 0 Å². The normalized spacial score (nSPS) is 31.1. The van der Waals surface area contributed by atoms with Crippen LogP contribution in [0.1, 0.15) is 31.4 Å². The van der Waals surface area contributed by atoms with Gasteiger partial charge in [0.25, 0.3) is 0 Å². The van der Waals surface area contributed by atoms with Gasteiger partial charge in [-0.3, -0.25) is 14.4 Å². The van der Waals surface area contributed by atoms with Gasteiger partial charge < -0.3 is 10.1 Å². The summed E-state index contributed by atoms with van der Waals surface area (Å²) in [6.07, 6.45) is 6.53. The average Bonchev–Trinajstić information content (AvgIpc) is 3.18. The summed E-state index contributed by atoms with van der Waals surface area (Å²) in [4.78, 5) is 14.7. The molecule has 6 nitrogen and oxygen atoms in total. The van der Waals surface area contributed by atoms with Crippen molar-refractivity contribution in [2.45, 2.75) is 57.3 Å². The van der Waals surface area contributed by atoms with Crippen LogP contribution >= 0.6 is 0 Å². The van der Waals surface area contributed by atoms with Crippen LogP contribution in [0.25, 0.3) is 0 Å². The largest absolute Gasteiger partial charge is 0.375 e. The van der Waals surface area contributed by atoms with E-state index in [0.717, 1.165) is 37.7 Å². The van der Waals surface area contributed by atoms with Gasteiger partial charge >= 0.3 is 0 Å². The van der Waals surface area contributed by atoms with Crippen molar-refractivity contribution in [1.29, 1.82) is 0 Å². The SMILES string of the molecule is Cc1ccn(CCC(=O)N[C@H]2C[C@H]3CO[C@@H](C4CC4)CN3C2)n1. The van der Waals surface area contributed by atoms with E-state index < -0.39 is 0 Å². The molecule has 2 aliphatic heterocycles. The number of hydrogen-bond acceptors (Lipinski definition) is 4. The highest BCUT2D eigenvalue weighted by molar-refractivity contribution is 5.76. The van der Waals surface area contributed by atoms with Gasteiger partial charge in [-0.1, -0.05) is 0 Å². The Labute approximate surface area is 137 Å². The zero-order valence-corrected chi connectivity index (χ0v) is 13.8. The molecule has 3 fully saturated rings. The summed E-state index contributed by atoms with van der Waals surface area (Å²) in [5.74, 6) is 0.921. The fraction of sp³-hybridized carbons (Fsp3) is 0.765. The van der Waals surface area contributed by atoms with Crippen LogP contribution in [0.2, 0.25) is 0 Å². The third-order valence-corrected chi connectivity index (χ3v) is 5.30. The molecule has 1 saturated carbocycles. The summed E-state index contributed by atoms with van der Waals surface area (Å²) in [6, 6.07) is 2.72. The zero-order valence-electron chi connectivity index (χ0n) is 13.8. The van der Waals surface area contributed by atoms with Gasteiger partial charge in [-0.05, 0) is 38.2 Å². The van der Waals surface area contributed by atoms with Crippen molar-refractivity contribution in [3.8, 4) is 0 Å². The molecule has 1 aromatic heterocycles. The highest BCUT2D eigenvalue weighted by atomic mass is 16.5. The molecule has 1 N–H and O–H groups in total. The van der Waals surface area contributed by atoms with Gasteiger partial charge in [0.2, 0.25) is 5.91 Å². The highest BCUT2D eigenvalue weighted by Gasteiger charge is 2.42. The fourth-order valence-corrected chi connectivity index (χ4v) is 3.86. The highest BCUT2D eigenvalue weighted by Crippen LogP contribution is 2.37. The van der Waals surface area contributed by atoms with E-state index >= 15 is 0 Å². The smallest absolute Gasteiger partial charge is 0.222 e. The summed E-state index contributed by atoms with van der Waals surface area (Å²) in [6.45, 7) is 5.47. The van der Waals surface area contributed by atoms with Crippen LogP contribution in [0.15, 0.2) is 12.3 Å². The van der Waals surface area contributed by atoms with E-state index in [1.807, 2.05) is 23.9 Å². The number of carbonyl (C=O) groups excluding carboxylic acids is 1. The first-order valence-corrected chi connectivity index (χ1v) is 8.82.